The molecule has 1 aliphatic heterocycles. The Kier molecular flexibility index (Phi) is 6.74. The molecular weight excluding hydrogens is 383 g/mol. The van der Waals surface area contributed by atoms with Gasteiger partial charge in [-0.2, -0.15) is 0 Å². The average Bonchev–Trinajstić information content (AvgIpc) is 2.61. The standard InChI is InChI=1S/C15H27IN2O3/c1-10-12(7-6-8-16)13(17-11(2)19)9-18(10)14(20)21-15(3,4)5/h10,12-13H,6-9H2,1-5H3,(H,17,19)/t10-,12+,13+/m1/s1. The molecule has 1 rings (SSSR count). The summed E-state index contributed by atoms with van der Waals surface area (Å²) in [6.45, 7) is 9.70. The minimum absolute atomic E-state index is 0.0213. The molecule has 0 aromatic heterocycles. The van der Waals surface area contributed by atoms with Gasteiger partial charge < -0.3 is 15.0 Å². The molecule has 0 unspecified atom stereocenters. The zero-order chi connectivity index (χ0) is 16.2. The fourth-order valence-electron chi connectivity index (χ4n) is 2.81. The van der Waals surface area contributed by atoms with Gasteiger partial charge in [-0.15, -0.1) is 0 Å². The number of ether oxygens (including phenoxy) is 1. The molecule has 0 radical (unpaired) electrons. The Labute approximate surface area is 141 Å². The number of hydrogen-bond donors (Lipinski definition) is 1. The lowest BCUT2D eigenvalue weighted by Gasteiger charge is -2.28. The summed E-state index contributed by atoms with van der Waals surface area (Å²) >= 11 is 2.36. The number of carbonyl (C=O) groups excluding carboxylic acids is 2. The van der Waals surface area contributed by atoms with E-state index in [2.05, 4.69) is 27.9 Å². The third-order valence-electron chi connectivity index (χ3n) is 3.71. The number of alkyl halides is 1. The zero-order valence-corrected chi connectivity index (χ0v) is 15.8. The van der Waals surface area contributed by atoms with Crippen molar-refractivity contribution in [2.75, 3.05) is 11.0 Å². The van der Waals surface area contributed by atoms with Gasteiger partial charge in [0.25, 0.3) is 0 Å². The second-order valence-electron chi connectivity index (χ2n) is 6.68. The maximum atomic E-state index is 12.3. The van der Waals surface area contributed by atoms with Gasteiger partial charge in [-0.3, -0.25) is 4.79 Å². The highest BCUT2D eigenvalue weighted by atomic mass is 127. The number of hydrogen-bond acceptors (Lipinski definition) is 3. The first kappa shape index (κ1) is 18.5. The molecule has 0 aliphatic carbocycles. The predicted octanol–water partition coefficient (Wildman–Crippen LogP) is 2.96. The monoisotopic (exact) mass is 410 g/mol. The molecule has 0 aromatic carbocycles. The molecule has 6 heteroatoms. The lowest BCUT2D eigenvalue weighted by Crippen LogP contribution is -2.41. The van der Waals surface area contributed by atoms with Gasteiger partial charge in [-0.1, -0.05) is 22.6 Å². The van der Waals surface area contributed by atoms with Crippen LogP contribution in [0.2, 0.25) is 0 Å². The van der Waals surface area contributed by atoms with Crippen LogP contribution >= 0.6 is 22.6 Å². The van der Waals surface area contributed by atoms with Crippen molar-refractivity contribution in [3.8, 4) is 0 Å². The number of rotatable bonds is 4. The van der Waals surface area contributed by atoms with Crippen LogP contribution in [-0.2, 0) is 9.53 Å². The topological polar surface area (TPSA) is 58.6 Å². The van der Waals surface area contributed by atoms with Crippen LogP contribution in [0.4, 0.5) is 4.79 Å². The third-order valence-corrected chi connectivity index (χ3v) is 4.47. The van der Waals surface area contributed by atoms with Gasteiger partial charge in [0, 0.05) is 25.4 Å². The van der Waals surface area contributed by atoms with E-state index in [4.69, 9.17) is 4.74 Å². The smallest absolute Gasteiger partial charge is 0.410 e. The van der Waals surface area contributed by atoms with Crippen molar-refractivity contribution in [1.82, 2.24) is 10.2 Å². The number of likely N-dealkylation sites (tertiary alicyclic amines) is 1. The fourth-order valence-corrected chi connectivity index (χ4v) is 3.25. The maximum Gasteiger partial charge on any atom is 0.410 e. The molecule has 0 saturated carbocycles. The van der Waals surface area contributed by atoms with Gasteiger partial charge in [0.2, 0.25) is 5.91 Å². The molecule has 1 saturated heterocycles. The Balaban J connectivity index is 2.79. The van der Waals surface area contributed by atoms with E-state index in [1.165, 1.54) is 6.92 Å². The largest absolute Gasteiger partial charge is 0.444 e. The van der Waals surface area contributed by atoms with Gasteiger partial charge in [0.15, 0.2) is 0 Å². The van der Waals surface area contributed by atoms with Gasteiger partial charge in [0.05, 0.1) is 6.04 Å². The molecule has 5 nitrogen and oxygen atoms in total. The number of amides is 2. The average molecular weight is 410 g/mol. The number of nitrogens with one attached hydrogen (secondary N) is 1. The highest BCUT2D eigenvalue weighted by Gasteiger charge is 2.42. The first-order chi connectivity index (χ1) is 9.65. The first-order valence-corrected chi connectivity index (χ1v) is 9.01. The number of carbonyl (C=O) groups is 2. The summed E-state index contributed by atoms with van der Waals surface area (Å²) in [6.07, 6.45) is 1.81. The molecule has 21 heavy (non-hydrogen) atoms. The van der Waals surface area contributed by atoms with Crippen molar-refractivity contribution in [2.45, 2.75) is 65.1 Å². The molecule has 0 bridgehead atoms. The van der Waals surface area contributed by atoms with Gasteiger partial charge in [0.1, 0.15) is 5.60 Å². The molecule has 0 aromatic rings. The summed E-state index contributed by atoms with van der Waals surface area (Å²) in [6, 6.07) is 0.104. The Morgan fingerprint density at radius 3 is 2.48 bits per heavy atom. The van der Waals surface area contributed by atoms with E-state index in [1.54, 1.807) is 4.90 Å². The first-order valence-electron chi connectivity index (χ1n) is 7.48. The normalized spacial score (nSPS) is 25.8. The summed E-state index contributed by atoms with van der Waals surface area (Å²) in [5, 5.41) is 2.99. The van der Waals surface area contributed by atoms with E-state index in [0.717, 1.165) is 17.3 Å². The van der Waals surface area contributed by atoms with Crippen molar-refractivity contribution in [3.63, 3.8) is 0 Å². The van der Waals surface area contributed by atoms with Crippen LogP contribution in [0.15, 0.2) is 0 Å². The number of nitrogens with zero attached hydrogens (tertiary/aromatic N) is 1. The van der Waals surface area contributed by atoms with E-state index in [9.17, 15) is 9.59 Å². The van der Waals surface area contributed by atoms with Crippen LogP contribution in [0.5, 0.6) is 0 Å². The quantitative estimate of drug-likeness (QED) is 0.573. The summed E-state index contributed by atoms with van der Waals surface area (Å²) in [5.41, 5.74) is -0.499. The summed E-state index contributed by atoms with van der Waals surface area (Å²) in [5.74, 6) is 0.244. The Morgan fingerprint density at radius 1 is 1.38 bits per heavy atom. The SMILES string of the molecule is CC(=O)N[C@H]1CN(C(=O)OC(C)(C)C)[C@H](C)[C@@H]1CCCI. The van der Waals surface area contributed by atoms with Gasteiger partial charge in [-0.05, 0) is 45.0 Å². The summed E-state index contributed by atoms with van der Waals surface area (Å²) in [7, 11) is 0. The molecule has 1 heterocycles. The second kappa shape index (κ2) is 7.65. The van der Waals surface area contributed by atoms with E-state index in [0.29, 0.717) is 6.54 Å². The Morgan fingerprint density at radius 2 is 2.00 bits per heavy atom. The summed E-state index contributed by atoms with van der Waals surface area (Å²) in [4.78, 5) is 25.4. The van der Waals surface area contributed by atoms with Crippen molar-refractivity contribution in [3.05, 3.63) is 0 Å². The zero-order valence-electron chi connectivity index (χ0n) is 13.6. The molecule has 1 N–H and O–H groups in total. The molecular formula is C15H27IN2O3. The molecule has 3 atom stereocenters. The van der Waals surface area contributed by atoms with Gasteiger partial charge in [-0.25, -0.2) is 4.79 Å². The van der Waals surface area contributed by atoms with Crippen molar-refractivity contribution >= 4 is 34.6 Å². The molecule has 1 aliphatic rings. The highest BCUT2D eigenvalue weighted by Crippen LogP contribution is 2.30. The Bertz CT molecular complexity index is 382. The van der Waals surface area contributed by atoms with E-state index < -0.39 is 5.60 Å². The second-order valence-corrected chi connectivity index (χ2v) is 7.75. The van der Waals surface area contributed by atoms with E-state index >= 15 is 0 Å². The summed E-state index contributed by atoms with van der Waals surface area (Å²) < 4.78 is 6.55. The predicted molar refractivity (Wildman–Crippen MR) is 91.6 cm³/mol. The Hall–Kier alpha value is -0.530. The molecule has 122 valence electrons. The van der Waals surface area contributed by atoms with Crippen molar-refractivity contribution in [1.29, 1.82) is 0 Å². The van der Waals surface area contributed by atoms with Crippen LogP contribution in [0, 0.1) is 5.92 Å². The van der Waals surface area contributed by atoms with Crippen LogP contribution in [0.1, 0.15) is 47.5 Å². The highest BCUT2D eigenvalue weighted by molar-refractivity contribution is 14.1. The van der Waals surface area contributed by atoms with Gasteiger partial charge >= 0.3 is 6.09 Å². The van der Waals surface area contributed by atoms with Crippen LogP contribution in [-0.4, -0.2) is 45.6 Å². The van der Waals surface area contributed by atoms with Crippen LogP contribution in [0.25, 0.3) is 0 Å². The lowest BCUT2D eigenvalue weighted by atomic mass is 9.92. The molecule has 2 amide bonds. The van der Waals surface area contributed by atoms with E-state index in [1.807, 2.05) is 27.7 Å². The van der Waals surface area contributed by atoms with Crippen molar-refractivity contribution in [2.24, 2.45) is 5.92 Å². The van der Waals surface area contributed by atoms with Crippen LogP contribution < -0.4 is 5.32 Å². The van der Waals surface area contributed by atoms with Crippen molar-refractivity contribution < 1.29 is 14.3 Å². The molecule has 0 spiro atoms. The lowest BCUT2D eigenvalue weighted by molar-refractivity contribution is -0.119. The third kappa shape index (κ3) is 5.64. The maximum absolute atomic E-state index is 12.3. The molecule has 1 fully saturated rings. The van der Waals surface area contributed by atoms with E-state index in [-0.39, 0.29) is 30.0 Å². The van der Waals surface area contributed by atoms with Crippen LogP contribution in [0.3, 0.4) is 0 Å². The minimum atomic E-state index is -0.499. The fraction of sp³-hybridized carbons (Fsp3) is 0.867. The minimum Gasteiger partial charge on any atom is -0.444 e. The number of halogens is 1.